The van der Waals surface area contributed by atoms with Crippen molar-refractivity contribution in [3.8, 4) is 0 Å². The van der Waals surface area contributed by atoms with Crippen molar-refractivity contribution in [2.24, 2.45) is 5.92 Å². The van der Waals surface area contributed by atoms with Crippen LogP contribution in [0.3, 0.4) is 0 Å². The van der Waals surface area contributed by atoms with Crippen LogP contribution in [0.2, 0.25) is 0 Å². The van der Waals surface area contributed by atoms with Crippen molar-refractivity contribution in [3.63, 3.8) is 0 Å². The van der Waals surface area contributed by atoms with Gasteiger partial charge in [-0.05, 0) is 35.7 Å². The molecule has 0 aromatic heterocycles. The van der Waals surface area contributed by atoms with Gasteiger partial charge in [0.05, 0.1) is 11.6 Å². The fourth-order valence-electron chi connectivity index (χ4n) is 3.50. The van der Waals surface area contributed by atoms with Crippen molar-refractivity contribution in [1.82, 2.24) is 0 Å². The largest absolute Gasteiger partial charge is 0.503 e. The summed E-state index contributed by atoms with van der Waals surface area (Å²) in [6.07, 6.45) is 0.281. The van der Waals surface area contributed by atoms with Crippen LogP contribution >= 0.6 is 0 Å². The van der Waals surface area contributed by atoms with E-state index in [1.54, 1.807) is 0 Å². The van der Waals surface area contributed by atoms with E-state index in [9.17, 15) is 14.7 Å². The molecule has 5 heteroatoms. The van der Waals surface area contributed by atoms with Crippen molar-refractivity contribution in [2.75, 3.05) is 23.9 Å². The predicted molar refractivity (Wildman–Crippen MR) is 112 cm³/mol. The van der Waals surface area contributed by atoms with E-state index in [0.29, 0.717) is 5.69 Å². The Morgan fingerprint density at radius 1 is 1.07 bits per heavy atom. The molecule has 0 fully saturated rings. The number of ketones is 1. The number of carbonyl (C=O) groups excluding carboxylic acids is 2. The first-order valence-electron chi connectivity index (χ1n) is 9.43. The van der Waals surface area contributed by atoms with E-state index in [2.05, 4.69) is 0 Å². The van der Waals surface area contributed by atoms with Crippen LogP contribution in [0.25, 0.3) is 0 Å². The van der Waals surface area contributed by atoms with Gasteiger partial charge in [0.15, 0.2) is 11.5 Å². The summed E-state index contributed by atoms with van der Waals surface area (Å²) in [4.78, 5) is 29.4. The first-order valence-corrected chi connectivity index (χ1v) is 9.43. The number of aliphatic hydroxyl groups excluding tert-OH is 1. The Bertz CT molecular complexity index is 899. The van der Waals surface area contributed by atoms with Gasteiger partial charge in [0.2, 0.25) is 0 Å². The van der Waals surface area contributed by atoms with Gasteiger partial charge in [-0.3, -0.25) is 14.5 Å². The second-order valence-electron chi connectivity index (χ2n) is 7.68. The Morgan fingerprint density at radius 2 is 1.68 bits per heavy atom. The molecule has 0 spiro atoms. The molecule has 2 aromatic carbocycles. The molecule has 1 N–H and O–H groups in total. The van der Waals surface area contributed by atoms with Crippen LogP contribution in [0.1, 0.15) is 31.9 Å². The number of Topliss-reactive ketones (excluding diaryl/α,β-unsaturated/α-hetero) is 1. The highest BCUT2D eigenvalue weighted by atomic mass is 16.3. The number of hydrogen-bond donors (Lipinski definition) is 1. The lowest BCUT2D eigenvalue weighted by Crippen LogP contribution is -2.31. The van der Waals surface area contributed by atoms with E-state index in [0.717, 1.165) is 11.3 Å². The molecule has 28 heavy (non-hydrogen) atoms. The average Bonchev–Trinajstić information content (AvgIpc) is 2.93. The summed E-state index contributed by atoms with van der Waals surface area (Å²) in [6.45, 7) is 3.89. The standard InChI is InChI=1S/C23H26N2O3/c1-15(2)14-19(26)20-21(16-8-6-5-7-9-16)25(23(28)22(20)27)18-12-10-17(11-13-18)24(3)4/h5-13,15,21,27H,14H2,1-4H3. The summed E-state index contributed by atoms with van der Waals surface area (Å²) in [5, 5.41) is 10.6. The zero-order valence-corrected chi connectivity index (χ0v) is 16.7. The third-order valence-corrected chi connectivity index (χ3v) is 4.86. The Balaban J connectivity index is 2.09. The van der Waals surface area contributed by atoms with Crippen LogP contribution in [0.4, 0.5) is 11.4 Å². The van der Waals surface area contributed by atoms with Gasteiger partial charge in [-0.25, -0.2) is 0 Å². The van der Waals surface area contributed by atoms with Crippen LogP contribution in [-0.4, -0.2) is 30.9 Å². The van der Waals surface area contributed by atoms with E-state index in [4.69, 9.17) is 0 Å². The maximum absolute atomic E-state index is 13.0. The lowest BCUT2D eigenvalue weighted by molar-refractivity contribution is -0.118. The Hall–Kier alpha value is -3.08. The molecule has 1 amide bonds. The lowest BCUT2D eigenvalue weighted by Gasteiger charge is -2.27. The smallest absolute Gasteiger partial charge is 0.294 e. The number of nitrogens with zero attached hydrogens (tertiary/aromatic N) is 2. The van der Waals surface area contributed by atoms with E-state index in [-0.39, 0.29) is 23.7 Å². The molecule has 5 nitrogen and oxygen atoms in total. The summed E-state index contributed by atoms with van der Waals surface area (Å²) in [5.41, 5.74) is 2.62. The quantitative estimate of drug-likeness (QED) is 0.816. The molecule has 146 valence electrons. The second kappa shape index (κ2) is 7.89. The van der Waals surface area contributed by atoms with Crippen LogP contribution in [-0.2, 0) is 9.59 Å². The number of benzene rings is 2. The number of carbonyl (C=O) groups is 2. The molecule has 1 aliphatic rings. The SMILES string of the molecule is CC(C)CC(=O)C1=C(O)C(=O)N(c2ccc(N(C)C)cc2)C1c1ccccc1. The molecule has 1 atom stereocenters. The minimum absolute atomic E-state index is 0.132. The molecular formula is C23H26N2O3. The predicted octanol–water partition coefficient (Wildman–Crippen LogP) is 4.27. The molecule has 0 radical (unpaired) electrons. The molecule has 0 saturated heterocycles. The van der Waals surface area contributed by atoms with E-state index < -0.39 is 17.7 Å². The normalized spacial score (nSPS) is 16.8. The first kappa shape index (κ1) is 19.7. The zero-order valence-electron chi connectivity index (χ0n) is 16.7. The van der Waals surface area contributed by atoms with Gasteiger partial charge in [0.25, 0.3) is 5.91 Å². The highest BCUT2D eigenvalue weighted by molar-refractivity contribution is 6.16. The molecule has 1 aliphatic heterocycles. The molecule has 1 unspecified atom stereocenters. The molecule has 1 heterocycles. The van der Waals surface area contributed by atoms with Gasteiger partial charge in [-0.15, -0.1) is 0 Å². The molecule has 0 bridgehead atoms. The lowest BCUT2D eigenvalue weighted by atomic mass is 9.92. The third-order valence-electron chi connectivity index (χ3n) is 4.86. The van der Waals surface area contributed by atoms with Gasteiger partial charge in [-0.2, -0.15) is 0 Å². The van der Waals surface area contributed by atoms with Gasteiger partial charge in [0.1, 0.15) is 0 Å². The summed E-state index contributed by atoms with van der Waals surface area (Å²) in [6, 6.07) is 16.2. The van der Waals surface area contributed by atoms with Crippen molar-refractivity contribution >= 4 is 23.1 Å². The van der Waals surface area contributed by atoms with Gasteiger partial charge in [-0.1, -0.05) is 44.2 Å². The number of aliphatic hydroxyl groups is 1. The first-order chi connectivity index (χ1) is 13.3. The Kier molecular flexibility index (Phi) is 5.54. The van der Waals surface area contributed by atoms with Crippen molar-refractivity contribution in [1.29, 1.82) is 0 Å². The van der Waals surface area contributed by atoms with Crippen molar-refractivity contribution < 1.29 is 14.7 Å². The van der Waals surface area contributed by atoms with E-state index in [1.165, 1.54) is 4.90 Å². The van der Waals surface area contributed by atoms with Gasteiger partial charge < -0.3 is 10.0 Å². The number of anilines is 2. The van der Waals surface area contributed by atoms with Gasteiger partial charge >= 0.3 is 0 Å². The second-order valence-corrected chi connectivity index (χ2v) is 7.68. The molecule has 0 saturated carbocycles. The highest BCUT2D eigenvalue weighted by Gasteiger charge is 2.44. The van der Waals surface area contributed by atoms with Crippen LogP contribution in [0.15, 0.2) is 65.9 Å². The molecule has 3 rings (SSSR count). The summed E-state index contributed by atoms with van der Waals surface area (Å²) in [7, 11) is 3.89. The van der Waals surface area contributed by atoms with Crippen molar-refractivity contribution in [3.05, 3.63) is 71.5 Å². The average molecular weight is 378 g/mol. The monoisotopic (exact) mass is 378 g/mol. The summed E-state index contributed by atoms with van der Waals surface area (Å²) < 4.78 is 0. The Labute approximate surface area is 165 Å². The molecule has 0 aliphatic carbocycles. The zero-order chi connectivity index (χ0) is 20.4. The highest BCUT2D eigenvalue weighted by Crippen LogP contribution is 2.41. The fourth-order valence-corrected chi connectivity index (χ4v) is 3.50. The maximum Gasteiger partial charge on any atom is 0.294 e. The maximum atomic E-state index is 13.0. The topological polar surface area (TPSA) is 60.9 Å². The summed E-state index contributed by atoms with van der Waals surface area (Å²) in [5.74, 6) is -1.05. The van der Waals surface area contributed by atoms with Crippen molar-refractivity contribution in [2.45, 2.75) is 26.3 Å². The Morgan fingerprint density at radius 3 is 2.21 bits per heavy atom. The third kappa shape index (κ3) is 3.65. The number of rotatable bonds is 6. The molecule has 2 aromatic rings. The van der Waals surface area contributed by atoms with Gasteiger partial charge in [0, 0.05) is 31.9 Å². The van der Waals surface area contributed by atoms with Crippen LogP contribution < -0.4 is 9.80 Å². The molecular weight excluding hydrogens is 352 g/mol. The number of hydrogen-bond acceptors (Lipinski definition) is 4. The van der Waals surface area contributed by atoms with Crippen LogP contribution in [0, 0.1) is 5.92 Å². The minimum Gasteiger partial charge on any atom is -0.503 e. The number of amides is 1. The van der Waals surface area contributed by atoms with E-state index in [1.807, 2.05) is 87.4 Å². The van der Waals surface area contributed by atoms with E-state index >= 15 is 0 Å². The summed E-state index contributed by atoms with van der Waals surface area (Å²) >= 11 is 0. The minimum atomic E-state index is -0.634. The van der Waals surface area contributed by atoms with Crippen LogP contribution in [0.5, 0.6) is 0 Å². The fraction of sp³-hybridized carbons (Fsp3) is 0.304.